The Morgan fingerprint density at radius 2 is 2.07 bits per heavy atom. The van der Waals surface area contributed by atoms with E-state index in [1.807, 2.05) is 0 Å². The van der Waals surface area contributed by atoms with Crippen LogP contribution in [0.1, 0.15) is 23.2 Å². The Kier molecular flexibility index (Phi) is 5.39. The number of ether oxygens (including phenoxy) is 1. The number of carbonyl (C=O) groups is 1. The topological polar surface area (TPSA) is 77.3 Å². The van der Waals surface area contributed by atoms with E-state index in [1.165, 1.54) is 15.8 Å². The van der Waals surface area contributed by atoms with Crippen LogP contribution in [-0.2, 0) is 17.5 Å². The smallest absolute Gasteiger partial charge is 0.416 e. The first-order valence-corrected chi connectivity index (χ1v) is 8.65. The SMILES string of the molecule is Cc1ncn(CC(=O)N2CCC(Oc3cc(C(F)(F)F)ccn3)C2)c(=O)c1C. The van der Waals surface area contributed by atoms with Crippen molar-refractivity contribution in [3.63, 3.8) is 0 Å². The maximum atomic E-state index is 12.8. The monoisotopic (exact) mass is 396 g/mol. The average Bonchev–Trinajstić information content (AvgIpc) is 3.10. The van der Waals surface area contributed by atoms with Gasteiger partial charge in [-0.25, -0.2) is 9.97 Å². The average molecular weight is 396 g/mol. The van der Waals surface area contributed by atoms with Crippen LogP contribution in [0.4, 0.5) is 13.2 Å². The summed E-state index contributed by atoms with van der Waals surface area (Å²) < 4.78 is 45.1. The van der Waals surface area contributed by atoms with E-state index in [1.54, 1.807) is 13.8 Å². The molecule has 3 heterocycles. The van der Waals surface area contributed by atoms with Gasteiger partial charge in [-0.15, -0.1) is 0 Å². The molecular formula is C18H19F3N4O3. The van der Waals surface area contributed by atoms with Gasteiger partial charge in [0.1, 0.15) is 12.6 Å². The lowest BCUT2D eigenvalue weighted by Crippen LogP contribution is -2.37. The van der Waals surface area contributed by atoms with E-state index in [4.69, 9.17) is 4.74 Å². The molecule has 7 nitrogen and oxygen atoms in total. The molecule has 2 aromatic rings. The lowest BCUT2D eigenvalue weighted by atomic mass is 10.2. The van der Waals surface area contributed by atoms with Crippen molar-refractivity contribution in [2.75, 3.05) is 13.1 Å². The normalized spacial score (nSPS) is 17.0. The lowest BCUT2D eigenvalue weighted by molar-refractivity contribution is -0.137. The van der Waals surface area contributed by atoms with E-state index < -0.39 is 17.8 Å². The Morgan fingerprint density at radius 3 is 2.79 bits per heavy atom. The van der Waals surface area contributed by atoms with Crippen molar-refractivity contribution >= 4 is 5.91 Å². The van der Waals surface area contributed by atoms with Crippen molar-refractivity contribution in [1.29, 1.82) is 0 Å². The second-order valence-electron chi connectivity index (χ2n) is 6.64. The van der Waals surface area contributed by atoms with Crippen LogP contribution < -0.4 is 10.3 Å². The summed E-state index contributed by atoms with van der Waals surface area (Å²) in [4.78, 5) is 34.1. The third-order valence-electron chi connectivity index (χ3n) is 4.67. The predicted octanol–water partition coefficient (Wildman–Crippen LogP) is 1.95. The summed E-state index contributed by atoms with van der Waals surface area (Å²) in [7, 11) is 0. The molecule has 1 aliphatic rings. The fourth-order valence-corrected chi connectivity index (χ4v) is 2.91. The molecule has 10 heteroatoms. The summed E-state index contributed by atoms with van der Waals surface area (Å²) in [6.07, 6.45) is -2.11. The molecule has 1 aliphatic heterocycles. The summed E-state index contributed by atoms with van der Waals surface area (Å²) in [6, 6.07) is 1.71. The Balaban J connectivity index is 1.62. The van der Waals surface area contributed by atoms with Gasteiger partial charge in [0.15, 0.2) is 0 Å². The zero-order valence-electron chi connectivity index (χ0n) is 15.4. The number of alkyl halides is 3. The van der Waals surface area contributed by atoms with Gasteiger partial charge in [0.25, 0.3) is 5.56 Å². The highest BCUT2D eigenvalue weighted by Crippen LogP contribution is 2.31. The highest BCUT2D eigenvalue weighted by atomic mass is 19.4. The van der Waals surface area contributed by atoms with E-state index in [2.05, 4.69) is 9.97 Å². The van der Waals surface area contributed by atoms with Gasteiger partial charge in [-0.1, -0.05) is 0 Å². The zero-order chi connectivity index (χ0) is 20.5. The quantitative estimate of drug-likeness (QED) is 0.790. The molecule has 1 amide bonds. The third-order valence-corrected chi connectivity index (χ3v) is 4.67. The molecule has 0 N–H and O–H groups in total. The highest BCUT2D eigenvalue weighted by molar-refractivity contribution is 5.76. The first-order valence-electron chi connectivity index (χ1n) is 8.65. The molecule has 150 valence electrons. The minimum Gasteiger partial charge on any atom is -0.472 e. The summed E-state index contributed by atoms with van der Waals surface area (Å²) in [5.74, 6) is -0.418. The molecule has 1 saturated heterocycles. The first-order chi connectivity index (χ1) is 13.1. The van der Waals surface area contributed by atoms with Crippen molar-refractivity contribution < 1.29 is 22.7 Å². The number of aryl methyl sites for hydroxylation is 1. The molecular weight excluding hydrogens is 377 g/mol. The largest absolute Gasteiger partial charge is 0.472 e. The molecule has 0 spiro atoms. The molecule has 0 saturated carbocycles. The standard InChI is InChI=1S/C18H19F3N4O3/c1-11-12(2)23-10-25(17(11)27)9-16(26)24-6-4-14(8-24)28-15-7-13(3-5-22-15)18(19,20)21/h3,5,7,10,14H,4,6,8-9H2,1-2H3. The number of likely N-dealkylation sites (tertiary alicyclic amines) is 1. The number of aromatic nitrogens is 3. The first kappa shape index (κ1) is 19.8. The second-order valence-corrected chi connectivity index (χ2v) is 6.64. The Bertz CT molecular complexity index is 942. The van der Waals surface area contributed by atoms with Crippen LogP contribution in [0.5, 0.6) is 5.88 Å². The van der Waals surface area contributed by atoms with E-state index >= 15 is 0 Å². The van der Waals surface area contributed by atoms with Crippen LogP contribution >= 0.6 is 0 Å². The molecule has 2 aromatic heterocycles. The molecule has 3 rings (SSSR count). The summed E-state index contributed by atoms with van der Waals surface area (Å²) in [5, 5.41) is 0. The fraction of sp³-hybridized carbons (Fsp3) is 0.444. The van der Waals surface area contributed by atoms with Gasteiger partial charge in [-0.05, 0) is 19.9 Å². The minimum absolute atomic E-state index is 0.135. The number of amides is 1. The minimum atomic E-state index is -4.48. The van der Waals surface area contributed by atoms with Gasteiger partial charge in [-0.2, -0.15) is 13.2 Å². The van der Waals surface area contributed by atoms with Gasteiger partial charge < -0.3 is 9.64 Å². The Labute approximate surface area is 158 Å². The second kappa shape index (κ2) is 7.61. The highest BCUT2D eigenvalue weighted by Gasteiger charge is 2.32. The van der Waals surface area contributed by atoms with Crippen LogP contribution in [0.3, 0.4) is 0 Å². The molecule has 1 fully saturated rings. The summed E-state index contributed by atoms with van der Waals surface area (Å²) in [6.45, 7) is 3.81. The van der Waals surface area contributed by atoms with Crippen LogP contribution in [-0.4, -0.2) is 44.5 Å². The van der Waals surface area contributed by atoms with Gasteiger partial charge in [0, 0.05) is 36.5 Å². The number of nitrogens with zero attached hydrogens (tertiary/aromatic N) is 4. The predicted molar refractivity (Wildman–Crippen MR) is 92.8 cm³/mol. The van der Waals surface area contributed by atoms with Crippen LogP contribution in [0.15, 0.2) is 29.5 Å². The van der Waals surface area contributed by atoms with Crippen LogP contribution in [0, 0.1) is 13.8 Å². The number of hydrogen-bond acceptors (Lipinski definition) is 5. The van der Waals surface area contributed by atoms with Crippen molar-refractivity contribution in [2.24, 2.45) is 0 Å². The summed E-state index contributed by atoms with van der Waals surface area (Å²) >= 11 is 0. The van der Waals surface area contributed by atoms with E-state index in [-0.39, 0.29) is 30.4 Å². The zero-order valence-corrected chi connectivity index (χ0v) is 15.4. The van der Waals surface area contributed by atoms with Gasteiger partial charge in [0.2, 0.25) is 11.8 Å². The molecule has 1 unspecified atom stereocenters. The number of pyridine rings is 1. The molecule has 0 aliphatic carbocycles. The van der Waals surface area contributed by atoms with Gasteiger partial charge in [0.05, 0.1) is 18.4 Å². The maximum Gasteiger partial charge on any atom is 0.416 e. The Morgan fingerprint density at radius 1 is 1.32 bits per heavy atom. The van der Waals surface area contributed by atoms with Crippen molar-refractivity contribution in [3.05, 3.63) is 51.8 Å². The number of rotatable bonds is 4. The van der Waals surface area contributed by atoms with Gasteiger partial charge >= 0.3 is 6.18 Å². The Hall–Kier alpha value is -2.91. The summed E-state index contributed by atoms with van der Waals surface area (Å²) in [5.41, 5.74) is -0.0310. The molecule has 0 aromatic carbocycles. The van der Waals surface area contributed by atoms with Crippen LogP contribution in [0.2, 0.25) is 0 Å². The third kappa shape index (κ3) is 4.32. The van der Waals surface area contributed by atoms with Crippen LogP contribution in [0.25, 0.3) is 0 Å². The lowest BCUT2D eigenvalue weighted by Gasteiger charge is -2.18. The van der Waals surface area contributed by atoms with Crippen molar-refractivity contribution in [1.82, 2.24) is 19.4 Å². The molecule has 28 heavy (non-hydrogen) atoms. The number of halogens is 3. The molecule has 1 atom stereocenters. The van der Waals surface area contributed by atoms with Gasteiger partial charge in [-0.3, -0.25) is 14.2 Å². The van der Waals surface area contributed by atoms with E-state index in [0.29, 0.717) is 24.2 Å². The number of hydrogen-bond donors (Lipinski definition) is 0. The maximum absolute atomic E-state index is 12.8. The van der Waals surface area contributed by atoms with Crippen molar-refractivity contribution in [2.45, 2.75) is 39.1 Å². The fourth-order valence-electron chi connectivity index (χ4n) is 2.91. The van der Waals surface area contributed by atoms with E-state index in [9.17, 15) is 22.8 Å². The molecule has 0 radical (unpaired) electrons. The molecule has 0 bridgehead atoms. The van der Waals surface area contributed by atoms with E-state index in [0.717, 1.165) is 18.3 Å². The van der Waals surface area contributed by atoms with Crippen molar-refractivity contribution in [3.8, 4) is 5.88 Å². The number of carbonyl (C=O) groups excluding carboxylic acids is 1.